The first-order valence-corrected chi connectivity index (χ1v) is 7.29. The van der Waals surface area contributed by atoms with Crippen LogP contribution in [0.2, 0.25) is 0 Å². The van der Waals surface area contributed by atoms with Crippen molar-refractivity contribution in [1.82, 2.24) is 5.32 Å². The second-order valence-electron chi connectivity index (χ2n) is 4.35. The highest BCUT2D eigenvalue weighted by Crippen LogP contribution is 2.11. The van der Waals surface area contributed by atoms with E-state index < -0.39 is 0 Å². The van der Waals surface area contributed by atoms with Crippen molar-refractivity contribution >= 4 is 34.3 Å². The van der Waals surface area contributed by atoms with Crippen LogP contribution in [0.3, 0.4) is 0 Å². The van der Waals surface area contributed by atoms with Crippen molar-refractivity contribution in [2.75, 3.05) is 0 Å². The number of nitrogens with zero attached hydrogens (tertiary/aromatic N) is 1. The Morgan fingerprint density at radius 2 is 2.00 bits per heavy atom. The van der Waals surface area contributed by atoms with Crippen LogP contribution in [-0.4, -0.2) is 17.0 Å². The smallest absolute Gasteiger partial charge is 0.252 e. The van der Waals surface area contributed by atoms with Gasteiger partial charge in [-0.25, -0.2) is 0 Å². The summed E-state index contributed by atoms with van der Waals surface area (Å²) in [5.74, 6) is -0.0880. The fourth-order valence-corrected chi connectivity index (χ4v) is 2.45. The molecular formula is C15H14IN3O2. The fourth-order valence-electron chi connectivity index (χ4n) is 1.82. The second kappa shape index (κ2) is 7.07. The van der Waals surface area contributed by atoms with Gasteiger partial charge in [0.1, 0.15) is 0 Å². The molecule has 0 atom stereocenters. The monoisotopic (exact) mass is 395 g/mol. The molecule has 0 unspecified atom stereocenters. The number of nitrogens with two attached hydrogens (primary N) is 1. The highest BCUT2D eigenvalue weighted by molar-refractivity contribution is 14.1. The van der Waals surface area contributed by atoms with Crippen LogP contribution in [0.25, 0.3) is 0 Å². The fraction of sp³-hybridized carbons (Fsp3) is 0.0667. The Kier molecular flexibility index (Phi) is 5.15. The maximum absolute atomic E-state index is 12.1. The molecule has 6 heteroatoms. The Morgan fingerprint density at radius 1 is 1.24 bits per heavy atom. The summed E-state index contributed by atoms with van der Waals surface area (Å²) < 4.78 is 0.901. The Bertz CT molecular complexity index is 686. The Hall–Kier alpha value is -2.09. The molecule has 0 fully saturated rings. The van der Waals surface area contributed by atoms with E-state index in [2.05, 4.69) is 33.1 Å². The third-order valence-electron chi connectivity index (χ3n) is 2.90. The van der Waals surface area contributed by atoms with Gasteiger partial charge in [0.15, 0.2) is 5.84 Å². The van der Waals surface area contributed by atoms with E-state index in [-0.39, 0.29) is 11.7 Å². The van der Waals surface area contributed by atoms with Crippen LogP contribution in [0.4, 0.5) is 0 Å². The van der Waals surface area contributed by atoms with Gasteiger partial charge >= 0.3 is 0 Å². The molecule has 0 saturated carbocycles. The molecule has 0 heterocycles. The molecule has 21 heavy (non-hydrogen) atoms. The van der Waals surface area contributed by atoms with Crippen molar-refractivity contribution in [2.45, 2.75) is 6.54 Å². The quantitative estimate of drug-likeness (QED) is 0.244. The lowest BCUT2D eigenvalue weighted by Gasteiger charge is -2.08. The molecule has 0 aliphatic carbocycles. The molecule has 4 N–H and O–H groups in total. The van der Waals surface area contributed by atoms with E-state index in [9.17, 15) is 4.79 Å². The molecule has 0 radical (unpaired) electrons. The molecule has 0 saturated heterocycles. The standard InChI is InChI=1S/C15H14IN3O2/c16-13-7-2-1-6-12(13)15(20)18-9-10-4-3-5-11(8-10)14(17)19-21/h1-8,21H,9H2,(H2,17,19)(H,18,20). The number of benzene rings is 2. The normalized spacial score (nSPS) is 11.2. The minimum Gasteiger partial charge on any atom is -0.409 e. The van der Waals surface area contributed by atoms with Gasteiger partial charge in [-0.3, -0.25) is 4.79 Å². The van der Waals surface area contributed by atoms with Crippen molar-refractivity contribution in [3.63, 3.8) is 0 Å². The van der Waals surface area contributed by atoms with Crippen molar-refractivity contribution < 1.29 is 10.0 Å². The summed E-state index contributed by atoms with van der Waals surface area (Å²) in [5, 5.41) is 14.5. The van der Waals surface area contributed by atoms with E-state index in [0.717, 1.165) is 9.13 Å². The topological polar surface area (TPSA) is 87.7 Å². The lowest BCUT2D eigenvalue weighted by Crippen LogP contribution is -2.24. The first-order valence-electron chi connectivity index (χ1n) is 6.21. The van der Waals surface area contributed by atoms with Crippen molar-refractivity contribution in [3.8, 4) is 0 Å². The molecule has 5 nitrogen and oxygen atoms in total. The van der Waals surface area contributed by atoms with Crippen LogP contribution in [0, 0.1) is 3.57 Å². The molecule has 2 aromatic rings. The van der Waals surface area contributed by atoms with Gasteiger partial charge in [0.05, 0.1) is 5.56 Å². The molecule has 0 bridgehead atoms. The van der Waals surface area contributed by atoms with Crippen LogP contribution >= 0.6 is 22.6 Å². The Balaban J connectivity index is 2.07. The highest BCUT2D eigenvalue weighted by atomic mass is 127. The molecule has 0 spiro atoms. The number of amides is 1. The lowest BCUT2D eigenvalue weighted by atomic mass is 10.1. The summed E-state index contributed by atoms with van der Waals surface area (Å²) in [6.45, 7) is 0.371. The molecular weight excluding hydrogens is 381 g/mol. The van der Waals surface area contributed by atoms with Crippen LogP contribution in [0.15, 0.2) is 53.7 Å². The van der Waals surface area contributed by atoms with Gasteiger partial charge in [0.25, 0.3) is 5.91 Å². The highest BCUT2D eigenvalue weighted by Gasteiger charge is 2.09. The number of hydrogen-bond donors (Lipinski definition) is 3. The third kappa shape index (κ3) is 3.94. The summed E-state index contributed by atoms with van der Waals surface area (Å²) in [6.07, 6.45) is 0. The summed E-state index contributed by atoms with van der Waals surface area (Å²) in [7, 11) is 0. The van der Waals surface area contributed by atoms with Gasteiger partial charge in [-0.15, -0.1) is 0 Å². The predicted octanol–water partition coefficient (Wildman–Crippen LogP) is 2.32. The van der Waals surface area contributed by atoms with Crippen LogP contribution in [-0.2, 0) is 6.54 Å². The molecule has 0 aromatic heterocycles. The minimum absolute atomic E-state index is 0.0424. The van der Waals surface area contributed by atoms with E-state index in [0.29, 0.717) is 17.7 Å². The molecule has 2 aromatic carbocycles. The zero-order chi connectivity index (χ0) is 15.2. The van der Waals surface area contributed by atoms with Crippen molar-refractivity contribution in [2.24, 2.45) is 10.9 Å². The van der Waals surface area contributed by atoms with Gasteiger partial charge in [-0.2, -0.15) is 0 Å². The molecule has 0 aliphatic rings. The van der Waals surface area contributed by atoms with Gasteiger partial charge in [-0.05, 0) is 46.4 Å². The van der Waals surface area contributed by atoms with Crippen LogP contribution in [0.5, 0.6) is 0 Å². The number of oxime groups is 1. The number of rotatable bonds is 4. The van der Waals surface area contributed by atoms with E-state index in [1.54, 1.807) is 24.3 Å². The van der Waals surface area contributed by atoms with Gasteiger partial charge < -0.3 is 16.3 Å². The van der Waals surface area contributed by atoms with Crippen molar-refractivity contribution in [1.29, 1.82) is 0 Å². The average molecular weight is 395 g/mol. The maximum Gasteiger partial charge on any atom is 0.252 e. The number of amidine groups is 1. The summed E-state index contributed by atoms with van der Waals surface area (Å²) in [4.78, 5) is 12.1. The zero-order valence-corrected chi connectivity index (χ0v) is 13.2. The average Bonchev–Trinajstić information content (AvgIpc) is 2.52. The zero-order valence-electron chi connectivity index (χ0n) is 11.1. The second-order valence-corrected chi connectivity index (χ2v) is 5.51. The van der Waals surface area contributed by atoms with Gasteiger partial charge in [0, 0.05) is 15.7 Å². The van der Waals surface area contributed by atoms with Crippen LogP contribution < -0.4 is 11.1 Å². The van der Waals surface area contributed by atoms with E-state index >= 15 is 0 Å². The number of halogens is 1. The number of nitrogens with one attached hydrogen (secondary N) is 1. The maximum atomic E-state index is 12.1. The minimum atomic E-state index is -0.130. The van der Waals surface area contributed by atoms with E-state index in [4.69, 9.17) is 10.9 Å². The molecule has 1 amide bonds. The summed E-state index contributed by atoms with van der Waals surface area (Å²) in [5.41, 5.74) is 7.67. The predicted molar refractivity (Wildman–Crippen MR) is 89.3 cm³/mol. The number of hydrogen-bond acceptors (Lipinski definition) is 3. The third-order valence-corrected chi connectivity index (χ3v) is 3.84. The lowest BCUT2D eigenvalue weighted by molar-refractivity contribution is 0.0950. The first-order chi connectivity index (χ1) is 10.1. The summed E-state index contributed by atoms with van der Waals surface area (Å²) >= 11 is 2.13. The summed E-state index contributed by atoms with van der Waals surface area (Å²) in [6, 6.07) is 14.5. The van der Waals surface area contributed by atoms with Gasteiger partial charge in [-0.1, -0.05) is 35.5 Å². The SMILES string of the molecule is NC(=NO)c1cccc(CNC(=O)c2ccccc2I)c1. The first kappa shape index (κ1) is 15.3. The van der Waals surface area contributed by atoms with Gasteiger partial charge in [0.2, 0.25) is 0 Å². The number of carbonyl (C=O) groups is 1. The van der Waals surface area contributed by atoms with Crippen molar-refractivity contribution in [3.05, 3.63) is 68.8 Å². The molecule has 0 aliphatic heterocycles. The molecule has 108 valence electrons. The Morgan fingerprint density at radius 3 is 2.71 bits per heavy atom. The largest absolute Gasteiger partial charge is 0.409 e. The Labute approximate surface area is 136 Å². The molecule has 2 rings (SSSR count). The van der Waals surface area contributed by atoms with E-state index in [1.807, 2.05) is 24.3 Å². The van der Waals surface area contributed by atoms with E-state index in [1.165, 1.54) is 0 Å². The van der Waals surface area contributed by atoms with Crippen LogP contribution in [0.1, 0.15) is 21.5 Å². The number of carbonyl (C=O) groups excluding carboxylic acids is 1.